The van der Waals surface area contributed by atoms with Crippen molar-refractivity contribution in [2.24, 2.45) is 0 Å². The highest BCUT2D eigenvalue weighted by atomic mass is 127. The van der Waals surface area contributed by atoms with Gasteiger partial charge in [-0.2, -0.15) is 0 Å². The smallest absolute Gasteiger partial charge is 0.230 e. The molecule has 0 unspecified atom stereocenters. The van der Waals surface area contributed by atoms with Crippen molar-refractivity contribution < 1.29 is 9.59 Å². The Bertz CT molecular complexity index is 601. The Labute approximate surface area is 119 Å². The molecule has 2 rings (SSSR count). The summed E-state index contributed by atoms with van der Waals surface area (Å²) in [5.74, 6) is -0.701. The number of Topliss-reactive ketones (excluding diaryl/α,β-unsaturated/α-hetero) is 2. The first-order chi connectivity index (χ1) is 8.69. The number of nitrogens with zero attached hydrogens (tertiary/aromatic N) is 1. The number of rotatable bonds is 5. The molecule has 94 valence electrons. The van der Waals surface area contributed by atoms with Crippen LogP contribution in [0.3, 0.4) is 0 Å². The minimum absolute atomic E-state index is 0.255. The van der Waals surface area contributed by atoms with Gasteiger partial charge >= 0.3 is 0 Å². The molecule has 0 spiro atoms. The van der Waals surface area contributed by atoms with E-state index in [1.165, 1.54) is 0 Å². The topological polar surface area (TPSA) is 39.1 Å². The number of aryl methyl sites for hydroxylation is 1. The molecule has 0 bridgehead atoms. The van der Waals surface area contributed by atoms with E-state index in [1.807, 2.05) is 28.8 Å². The number of hydrogen-bond donors (Lipinski definition) is 0. The van der Waals surface area contributed by atoms with Crippen molar-refractivity contribution in [3.63, 3.8) is 0 Å². The first-order valence-electron chi connectivity index (χ1n) is 5.90. The Morgan fingerprint density at radius 3 is 2.67 bits per heavy atom. The lowest BCUT2D eigenvalue weighted by Crippen LogP contribution is -2.12. The summed E-state index contributed by atoms with van der Waals surface area (Å²) < 4.78 is 3.00. The average molecular weight is 355 g/mol. The summed E-state index contributed by atoms with van der Waals surface area (Å²) in [5.41, 5.74) is 1.55. The maximum atomic E-state index is 12.0. The molecule has 0 atom stereocenters. The SMILES string of the molecule is CCC(=O)C(=O)c1cn(CCI)c2ccccc12. The Morgan fingerprint density at radius 2 is 2.00 bits per heavy atom. The van der Waals surface area contributed by atoms with Crippen LogP contribution in [0, 0.1) is 0 Å². The Balaban J connectivity index is 2.57. The van der Waals surface area contributed by atoms with Crippen molar-refractivity contribution in [2.45, 2.75) is 19.9 Å². The van der Waals surface area contributed by atoms with Crippen LogP contribution >= 0.6 is 22.6 Å². The van der Waals surface area contributed by atoms with Gasteiger partial charge in [-0.05, 0) is 6.07 Å². The van der Waals surface area contributed by atoms with Crippen LogP contribution in [-0.4, -0.2) is 20.6 Å². The number of carbonyl (C=O) groups excluding carboxylic acids is 2. The maximum absolute atomic E-state index is 12.0. The van der Waals surface area contributed by atoms with Crippen molar-refractivity contribution in [1.82, 2.24) is 4.57 Å². The first-order valence-corrected chi connectivity index (χ1v) is 7.43. The zero-order valence-electron chi connectivity index (χ0n) is 10.1. The molecule has 0 saturated carbocycles. The lowest BCUT2D eigenvalue weighted by atomic mass is 10.1. The summed E-state index contributed by atoms with van der Waals surface area (Å²) in [6, 6.07) is 7.72. The van der Waals surface area contributed by atoms with E-state index in [1.54, 1.807) is 13.1 Å². The van der Waals surface area contributed by atoms with E-state index in [9.17, 15) is 9.59 Å². The fraction of sp³-hybridized carbons (Fsp3) is 0.286. The summed E-state index contributed by atoms with van der Waals surface area (Å²) in [4.78, 5) is 23.6. The van der Waals surface area contributed by atoms with Crippen LogP contribution < -0.4 is 0 Å². The van der Waals surface area contributed by atoms with Crippen LogP contribution in [0.5, 0.6) is 0 Å². The van der Waals surface area contributed by atoms with Gasteiger partial charge in [0.2, 0.25) is 11.6 Å². The van der Waals surface area contributed by atoms with Gasteiger partial charge in [0.25, 0.3) is 0 Å². The molecule has 1 aromatic carbocycles. The zero-order valence-corrected chi connectivity index (χ0v) is 12.3. The van der Waals surface area contributed by atoms with Gasteiger partial charge in [0.05, 0.1) is 5.56 Å². The number of hydrogen-bond acceptors (Lipinski definition) is 2. The van der Waals surface area contributed by atoms with Crippen LogP contribution in [0.15, 0.2) is 30.5 Å². The highest BCUT2D eigenvalue weighted by Crippen LogP contribution is 2.22. The van der Waals surface area contributed by atoms with Crippen LogP contribution in [0.4, 0.5) is 0 Å². The van der Waals surface area contributed by atoms with Crippen LogP contribution in [-0.2, 0) is 11.3 Å². The standard InChI is InChI=1S/C14H14INO2/c1-2-13(17)14(18)11-9-16(8-7-15)12-6-4-3-5-10(11)12/h3-6,9H,2,7-8H2,1H3. The predicted molar refractivity (Wildman–Crippen MR) is 80.5 cm³/mol. The van der Waals surface area contributed by atoms with Crippen molar-refractivity contribution in [3.8, 4) is 0 Å². The lowest BCUT2D eigenvalue weighted by molar-refractivity contribution is -0.114. The highest BCUT2D eigenvalue weighted by Gasteiger charge is 2.19. The van der Waals surface area contributed by atoms with E-state index < -0.39 is 0 Å². The van der Waals surface area contributed by atoms with Crippen LogP contribution in [0.1, 0.15) is 23.7 Å². The van der Waals surface area contributed by atoms with Crippen LogP contribution in [0.2, 0.25) is 0 Å². The van der Waals surface area contributed by atoms with Crippen molar-refractivity contribution >= 4 is 45.1 Å². The molecule has 1 heterocycles. The molecule has 3 nitrogen and oxygen atoms in total. The number of benzene rings is 1. The van der Waals surface area contributed by atoms with Gasteiger partial charge in [0, 0.05) is 34.5 Å². The highest BCUT2D eigenvalue weighted by molar-refractivity contribution is 14.1. The van der Waals surface area contributed by atoms with Gasteiger partial charge in [-0.1, -0.05) is 47.7 Å². The second-order valence-electron chi connectivity index (χ2n) is 4.05. The molecule has 4 heteroatoms. The lowest BCUT2D eigenvalue weighted by Gasteiger charge is -2.00. The molecule has 0 aliphatic rings. The molecule has 0 fully saturated rings. The third-order valence-electron chi connectivity index (χ3n) is 2.93. The number of ketones is 2. The number of para-hydroxylation sites is 1. The van der Waals surface area contributed by atoms with Crippen LogP contribution in [0.25, 0.3) is 10.9 Å². The van der Waals surface area contributed by atoms with Gasteiger partial charge in [-0.25, -0.2) is 0 Å². The molecule has 1 aromatic heterocycles. The normalized spacial score (nSPS) is 10.8. The summed E-state index contributed by atoms with van der Waals surface area (Å²) in [7, 11) is 0. The third-order valence-corrected chi connectivity index (χ3v) is 3.42. The molecule has 2 aromatic rings. The molecule has 0 saturated heterocycles. The van der Waals surface area contributed by atoms with Crippen molar-refractivity contribution in [2.75, 3.05) is 4.43 Å². The molecule has 0 N–H and O–H groups in total. The quantitative estimate of drug-likeness (QED) is 0.358. The average Bonchev–Trinajstić information content (AvgIpc) is 2.77. The van der Waals surface area contributed by atoms with E-state index in [2.05, 4.69) is 22.6 Å². The maximum Gasteiger partial charge on any atom is 0.230 e. The minimum Gasteiger partial charge on any atom is -0.346 e. The molecular weight excluding hydrogens is 341 g/mol. The van der Waals surface area contributed by atoms with E-state index in [-0.39, 0.29) is 18.0 Å². The van der Waals surface area contributed by atoms with Gasteiger partial charge in [0.1, 0.15) is 0 Å². The molecule has 0 amide bonds. The predicted octanol–water partition coefficient (Wildman–Crippen LogP) is 3.24. The van der Waals surface area contributed by atoms with E-state index in [4.69, 9.17) is 0 Å². The van der Waals surface area contributed by atoms with Gasteiger partial charge in [0.15, 0.2) is 0 Å². The van der Waals surface area contributed by atoms with Gasteiger partial charge in [-0.3, -0.25) is 9.59 Å². The molecular formula is C14H14INO2. The largest absolute Gasteiger partial charge is 0.346 e. The summed E-state index contributed by atoms with van der Waals surface area (Å²) in [6.45, 7) is 2.55. The molecule has 18 heavy (non-hydrogen) atoms. The summed E-state index contributed by atoms with van der Waals surface area (Å²) >= 11 is 2.30. The Kier molecular flexibility index (Phi) is 4.16. The number of carbonyl (C=O) groups is 2. The Hall–Kier alpha value is -1.17. The fourth-order valence-electron chi connectivity index (χ4n) is 2.01. The van der Waals surface area contributed by atoms with Gasteiger partial charge < -0.3 is 4.57 Å². The number of alkyl halides is 1. The van der Waals surface area contributed by atoms with E-state index in [0.29, 0.717) is 5.56 Å². The van der Waals surface area contributed by atoms with E-state index in [0.717, 1.165) is 21.9 Å². The third kappa shape index (κ3) is 2.34. The number of halogens is 1. The second-order valence-corrected chi connectivity index (χ2v) is 5.13. The first kappa shape index (κ1) is 13.3. The second kappa shape index (κ2) is 5.65. The number of aromatic nitrogens is 1. The summed E-state index contributed by atoms with van der Waals surface area (Å²) in [6.07, 6.45) is 2.06. The molecule has 0 aliphatic heterocycles. The number of fused-ring (bicyclic) bond motifs is 1. The molecule has 0 aliphatic carbocycles. The molecule has 0 radical (unpaired) electrons. The Morgan fingerprint density at radius 1 is 1.28 bits per heavy atom. The van der Waals surface area contributed by atoms with Gasteiger partial charge in [-0.15, -0.1) is 0 Å². The van der Waals surface area contributed by atoms with Crippen molar-refractivity contribution in [1.29, 1.82) is 0 Å². The zero-order chi connectivity index (χ0) is 13.1. The fourth-order valence-corrected chi connectivity index (χ4v) is 2.53. The monoisotopic (exact) mass is 355 g/mol. The van der Waals surface area contributed by atoms with E-state index >= 15 is 0 Å². The van der Waals surface area contributed by atoms with Crippen molar-refractivity contribution in [3.05, 3.63) is 36.0 Å². The summed E-state index contributed by atoms with van der Waals surface area (Å²) in [5, 5.41) is 0.870. The minimum atomic E-state index is -0.374.